The highest BCUT2D eigenvalue weighted by atomic mass is 35.5. The lowest BCUT2D eigenvalue weighted by Gasteiger charge is -2.24. The van der Waals surface area contributed by atoms with Gasteiger partial charge in [-0.2, -0.15) is 14.4 Å². The van der Waals surface area contributed by atoms with Gasteiger partial charge < -0.3 is 24.7 Å². The summed E-state index contributed by atoms with van der Waals surface area (Å²) < 4.78 is 26.1. The van der Waals surface area contributed by atoms with E-state index >= 15 is 0 Å². The fourth-order valence-corrected chi connectivity index (χ4v) is 4.45. The molecule has 11 heteroatoms. The van der Waals surface area contributed by atoms with Gasteiger partial charge in [0.2, 0.25) is 17.8 Å². The molecule has 1 amide bonds. The number of carbonyl (C=O) groups excluding carboxylic acids is 1. The summed E-state index contributed by atoms with van der Waals surface area (Å²) in [5.74, 6) is -0.290. The summed E-state index contributed by atoms with van der Waals surface area (Å²) in [6, 6.07) is 18.0. The fourth-order valence-electron chi connectivity index (χ4n) is 4.32. The summed E-state index contributed by atoms with van der Waals surface area (Å²) in [5.41, 5.74) is 0.816. The first-order valence-corrected chi connectivity index (χ1v) is 13.2. The Balaban J connectivity index is 1.43. The minimum Gasteiger partial charge on any atom is -0.439 e. The summed E-state index contributed by atoms with van der Waals surface area (Å²) in [6.07, 6.45) is 2.89. The van der Waals surface area contributed by atoms with Gasteiger partial charge >= 0.3 is 0 Å². The van der Waals surface area contributed by atoms with Gasteiger partial charge in [-0.15, -0.1) is 0 Å². The maximum Gasteiger partial charge on any atom is 0.287 e. The molecule has 1 fully saturated rings. The number of halogens is 2. The first-order valence-electron chi connectivity index (χ1n) is 12.8. The number of anilines is 2. The van der Waals surface area contributed by atoms with Crippen LogP contribution >= 0.6 is 11.6 Å². The van der Waals surface area contributed by atoms with Crippen LogP contribution in [0.4, 0.5) is 16.0 Å². The number of benzene rings is 2. The van der Waals surface area contributed by atoms with Crippen LogP contribution in [0.2, 0.25) is 5.02 Å². The molecular weight excluding hydrogens is 537 g/mol. The number of ether oxygens (including phenoxy) is 2. The number of nitrogens with one attached hydrogen (secondary N) is 2. The van der Waals surface area contributed by atoms with E-state index in [1.807, 2.05) is 19.1 Å². The smallest absolute Gasteiger partial charge is 0.287 e. The topological polar surface area (TPSA) is 107 Å². The second-order valence-corrected chi connectivity index (χ2v) is 9.76. The lowest BCUT2D eigenvalue weighted by molar-refractivity contribution is 0.0695. The van der Waals surface area contributed by atoms with Crippen LogP contribution in [-0.4, -0.2) is 39.7 Å². The normalized spacial score (nSPS) is 14.4. The van der Waals surface area contributed by atoms with Gasteiger partial charge in [0, 0.05) is 42.2 Å². The zero-order valence-electron chi connectivity index (χ0n) is 21.6. The molecule has 1 aliphatic heterocycles. The van der Waals surface area contributed by atoms with Crippen molar-refractivity contribution in [2.45, 2.75) is 31.8 Å². The average Bonchev–Trinajstić information content (AvgIpc) is 2.95. The van der Waals surface area contributed by atoms with Crippen molar-refractivity contribution < 1.29 is 18.7 Å². The average molecular weight is 564 g/mol. The molecule has 1 atom stereocenters. The van der Waals surface area contributed by atoms with Crippen LogP contribution in [-0.2, 0) is 4.74 Å². The third-order valence-corrected chi connectivity index (χ3v) is 6.80. The van der Waals surface area contributed by atoms with E-state index in [4.69, 9.17) is 21.1 Å². The van der Waals surface area contributed by atoms with Gasteiger partial charge in [-0.25, -0.2) is 0 Å². The molecule has 5 rings (SSSR count). The van der Waals surface area contributed by atoms with Crippen LogP contribution in [0.25, 0.3) is 0 Å². The lowest BCUT2D eigenvalue weighted by atomic mass is 10.1. The second kappa shape index (κ2) is 12.3. The van der Waals surface area contributed by atoms with Crippen molar-refractivity contribution in [1.29, 1.82) is 0 Å². The summed E-state index contributed by atoms with van der Waals surface area (Å²) in [6.45, 7) is 3.06. The van der Waals surface area contributed by atoms with E-state index in [1.165, 1.54) is 18.3 Å². The number of pyridine rings is 1. The standard InChI is InChI=1S/C29H27ClFN5O4/c1-18(19-5-7-20(30)8-6-19)36-17-24(27(37)32-22-13-15-39-16-14-22)28(38)35-29(36)33-21-9-11-23(12-10-21)40-26-4-2-3-25(31)34-26/h2-12,17-18,22H,13-16H2,1H3,(H,32,37)(H,33,35,38). The van der Waals surface area contributed by atoms with Crippen molar-refractivity contribution in [2.24, 2.45) is 0 Å². The van der Waals surface area contributed by atoms with Gasteiger partial charge in [0.1, 0.15) is 11.3 Å². The molecule has 0 saturated carbocycles. The number of nitrogens with zero attached hydrogens (tertiary/aromatic N) is 3. The van der Waals surface area contributed by atoms with E-state index in [-0.39, 0.29) is 29.5 Å². The van der Waals surface area contributed by atoms with Crippen molar-refractivity contribution >= 4 is 29.1 Å². The molecule has 0 radical (unpaired) electrons. The predicted octanol–water partition coefficient (Wildman–Crippen LogP) is 5.48. The van der Waals surface area contributed by atoms with E-state index in [9.17, 15) is 14.0 Å². The second-order valence-electron chi connectivity index (χ2n) is 9.33. The van der Waals surface area contributed by atoms with Crippen LogP contribution in [0.1, 0.15) is 41.7 Å². The van der Waals surface area contributed by atoms with Crippen molar-refractivity contribution in [3.05, 3.63) is 105 Å². The Labute approximate surface area is 235 Å². The largest absolute Gasteiger partial charge is 0.439 e. The first-order chi connectivity index (χ1) is 19.4. The number of hydrogen-bond acceptors (Lipinski definition) is 7. The van der Waals surface area contributed by atoms with Crippen molar-refractivity contribution in [1.82, 2.24) is 19.9 Å². The molecule has 0 spiro atoms. The van der Waals surface area contributed by atoms with Gasteiger partial charge in [0.05, 0.1) is 6.04 Å². The molecule has 206 valence electrons. The monoisotopic (exact) mass is 563 g/mol. The summed E-state index contributed by atoms with van der Waals surface area (Å²) in [4.78, 5) is 34.1. The van der Waals surface area contributed by atoms with Gasteiger partial charge in [0.15, 0.2) is 0 Å². The van der Waals surface area contributed by atoms with Crippen LogP contribution in [0, 0.1) is 5.95 Å². The molecule has 2 N–H and O–H groups in total. The quantitative estimate of drug-likeness (QED) is 0.273. The molecule has 9 nitrogen and oxygen atoms in total. The van der Waals surface area contributed by atoms with Gasteiger partial charge in [-0.05, 0) is 67.8 Å². The van der Waals surface area contributed by atoms with Crippen molar-refractivity contribution in [3.63, 3.8) is 0 Å². The van der Waals surface area contributed by atoms with E-state index in [1.54, 1.807) is 47.0 Å². The number of aromatic nitrogens is 3. The summed E-state index contributed by atoms with van der Waals surface area (Å²) in [7, 11) is 0. The molecule has 1 saturated heterocycles. The molecule has 0 aliphatic carbocycles. The van der Waals surface area contributed by atoms with E-state index < -0.39 is 17.4 Å². The van der Waals surface area contributed by atoms with E-state index in [2.05, 4.69) is 20.6 Å². The number of carbonyl (C=O) groups is 1. The summed E-state index contributed by atoms with van der Waals surface area (Å²) in [5, 5.41) is 6.70. The maximum atomic E-state index is 13.4. The fraction of sp³-hybridized carbons (Fsp3) is 0.241. The van der Waals surface area contributed by atoms with Gasteiger partial charge in [0.25, 0.3) is 11.5 Å². The first kappa shape index (κ1) is 27.3. The SMILES string of the molecule is CC(c1ccc(Cl)cc1)n1cc(C(=O)NC2CCOCC2)c(=O)nc1Nc1ccc(Oc2cccc(F)n2)cc1. The van der Waals surface area contributed by atoms with Crippen molar-refractivity contribution in [3.8, 4) is 11.6 Å². The van der Waals surface area contributed by atoms with Crippen LogP contribution in [0.15, 0.2) is 77.7 Å². The minimum atomic E-state index is -0.649. The Morgan fingerprint density at radius 2 is 1.80 bits per heavy atom. The Kier molecular flexibility index (Phi) is 8.37. The highest BCUT2D eigenvalue weighted by molar-refractivity contribution is 6.30. The molecule has 4 aromatic rings. The molecule has 40 heavy (non-hydrogen) atoms. The van der Waals surface area contributed by atoms with Gasteiger partial charge in [-0.1, -0.05) is 29.8 Å². The molecule has 3 heterocycles. The molecule has 2 aromatic carbocycles. The molecule has 1 aliphatic rings. The van der Waals surface area contributed by atoms with Crippen LogP contribution in [0.3, 0.4) is 0 Å². The molecule has 2 aromatic heterocycles. The Bertz CT molecular complexity index is 1540. The molecule has 0 bridgehead atoms. The minimum absolute atomic E-state index is 0.0517. The summed E-state index contributed by atoms with van der Waals surface area (Å²) >= 11 is 6.09. The molecule has 1 unspecified atom stereocenters. The zero-order valence-corrected chi connectivity index (χ0v) is 22.4. The Morgan fingerprint density at radius 1 is 1.07 bits per heavy atom. The Hall–Kier alpha value is -4.28. The number of amides is 1. The van der Waals surface area contributed by atoms with E-state index in [0.717, 1.165) is 5.56 Å². The third kappa shape index (κ3) is 6.64. The number of hydrogen-bond donors (Lipinski definition) is 2. The highest BCUT2D eigenvalue weighted by Gasteiger charge is 2.22. The lowest BCUT2D eigenvalue weighted by Crippen LogP contribution is -2.41. The van der Waals surface area contributed by atoms with Crippen LogP contribution in [0.5, 0.6) is 11.6 Å². The van der Waals surface area contributed by atoms with E-state index in [0.29, 0.717) is 42.5 Å². The number of rotatable bonds is 8. The van der Waals surface area contributed by atoms with Gasteiger partial charge in [-0.3, -0.25) is 9.59 Å². The van der Waals surface area contributed by atoms with Crippen LogP contribution < -0.4 is 20.9 Å². The zero-order chi connectivity index (χ0) is 28.1. The van der Waals surface area contributed by atoms with Crippen molar-refractivity contribution in [2.75, 3.05) is 18.5 Å². The maximum absolute atomic E-state index is 13.4. The highest BCUT2D eigenvalue weighted by Crippen LogP contribution is 2.27. The Morgan fingerprint density at radius 3 is 2.50 bits per heavy atom. The molecular formula is C29H27ClFN5O4. The third-order valence-electron chi connectivity index (χ3n) is 6.54. The predicted molar refractivity (Wildman–Crippen MR) is 149 cm³/mol.